The smallest absolute Gasteiger partial charge is 0.0193 e. The molecular weight excluding hydrogens is 148 g/mol. The van der Waals surface area contributed by atoms with Crippen molar-refractivity contribution < 1.29 is 0 Å². The van der Waals surface area contributed by atoms with Gasteiger partial charge in [-0.2, -0.15) is 0 Å². The monoisotopic (exact) mass is 170 g/mol. The first-order valence-corrected chi connectivity index (χ1v) is 5.02. The van der Waals surface area contributed by atoms with Crippen LogP contribution in [0.1, 0.15) is 33.6 Å². The van der Waals surface area contributed by atoms with E-state index in [-0.39, 0.29) is 0 Å². The van der Waals surface area contributed by atoms with E-state index < -0.39 is 0 Å². The highest BCUT2D eigenvalue weighted by Gasteiger charge is 2.15. The summed E-state index contributed by atoms with van der Waals surface area (Å²) in [6.45, 7) is 10.3. The minimum atomic E-state index is 0.414. The molecule has 0 aromatic carbocycles. The minimum Gasteiger partial charge on any atom is -0.315 e. The fourth-order valence-corrected chi connectivity index (χ4v) is 1.48. The highest BCUT2D eigenvalue weighted by atomic mass is 15.0. The highest BCUT2D eigenvalue weighted by molar-refractivity contribution is 4.77. The maximum Gasteiger partial charge on any atom is 0.0193 e. The molecule has 2 heteroatoms. The molecule has 0 aromatic heterocycles. The Balaban J connectivity index is 2.13. The molecule has 72 valence electrons. The van der Waals surface area contributed by atoms with Crippen LogP contribution in [0.15, 0.2) is 0 Å². The van der Waals surface area contributed by atoms with Gasteiger partial charge in [-0.25, -0.2) is 0 Å². The topological polar surface area (TPSA) is 24.1 Å². The van der Waals surface area contributed by atoms with Crippen molar-refractivity contribution in [1.82, 2.24) is 10.6 Å². The van der Waals surface area contributed by atoms with Crippen LogP contribution >= 0.6 is 0 Å². The molecule has 2 nitrogen and oxygen atoms in total. The number of hydrogen-bond acceptors (Lipinski definition) is 2. The van der Waals surface area contributed by atoms with E-state index in [1.807, 2.05) is 0 Å². The van der Waals surface area contributed by atoms with Gasteiger partial charge in [-0.15, -0.1) is 0 Å². The number of hydrogen-bond donors (Lipinski definition) is 2. The predicted molar refractivity (Wildman–Crippen MR) is 53.3 cm³/mol. The first-order valence-electron chi connectivity index (χ1n) is 5.02. The molecule has 0 bridgehead atoms. The Labute approximate surface area is 76.1 Å². The van der Waals surface area contributed by atoms with Gasteiger partial charge in [0, 0.05) is 19.1 Å². The van der Waals surface area contributed by atoms with Gasteiger partial charge in [0.1, 0.15) is 0 Å². The molecule has 1 rings (SSSR count). The molecule has 0 aliphatic carbocycles. The molecule has 12 heavy (non-hydrogen) atoms. The van der Waals surface area contributed by atoms with Crippen LogP contribution in [0, 0.1) is 5.41 Å². The number of piperidine rings is 1. The molecule has 1 atom stereocenters. The quantitative estimate of drug-likeness (QED) is 0.654. The molecule has 0 spiro atoms. The highest BCUT2D eigenvalue weighted by Crippen LogP contribution is 2.12. The van der Waals surface area contributed by atoms with Gasteiger partial charge in [-0.3, -0.25) is 0 Å². The van der Waals surface area contributed by atoms with Crippen LogP contribution in [-0.2, 0) is 0 Å². The summed E-state index contributed by atoms with van der Waals surface area (Å²) in [6, 6.07) is 0.706. The van der Waals surface area contributed by atoms with E-state index in [2.05, 4.69) is 31.4 Å². The van der Waals surface area contributed by atoms with E-state index >= 15 is 0 Å². The Morgan fingerprint density at radius 2 is 2.17 bits per heavy atom. The van der Waals surface area contributed by atoms with Gasteiger partial charge in [-0.1, -0.05) is 20.8 Å². The third-order valence-corrected chi connectivity index (χ3v) is 2.22. The molecule has 0 amide bonds. The van der Waals surface area contributed by atoms with Crippen LogP contribution in [0.3, 0.4) is 0 Å². The van der Waals surface area contributed by atoms with Gasteiger partial charge >= 0.3 is 0 Å². The van der Waals surface area contributed by atoms with E-state index in [0.29, 0.717) is 11.5 Å². The predicted octanol–water partition coefficient (Wildman–Crippen LogP) is 1.37. The molecule has 0 unspecified atom stereocenters. The molecule has 1 heterocycles. The fraction of sp³-hybridized carbons (Fsp3) is 1.00. The minimum absolute atomic E-state index is 0.414. The molecule has 1 aliphatic heterocycles. The molecule has 1 aliphatic rings. The molecular formula is C10H22N2. The van der Waals surface area contributed by atoms with Crippen LogP contribution < -0.4 is 10.6 Å². The third kappa shape index (κ3) is 4.07. The standard InChI is InChI=1S/C10H22N2/c1-10(2,3)8-12-9-5-4-6-11-7-9/h9,11-12H,4-8H2,1-3H3/t9-/m1/s1. The lowest BCUT2D eigenvalue weighted by Gasteiger charge is -2.28. The number of nitrogens with one attached hydrogen (secondary N) is 2. The van der Waals surface area contributed by atoms with Gasteiger partial charge in [0.15, 0.2) is 0 Å². The van der Waals surface area contributed by atoms with Gasteiger partial charge in [0.25, 0.3) is 0 Å². The zero-order chi connectivity index (χ0) is 9.03. The lowest BCUT2D eigenvalue weighted by atomic mass is 9.96. The second-order valence-electron chi connectivity index (χ2n) is 4.98. The first kappa shape index (κ1) is 10.0. The van der Waals surface area contributed by atoms with Crippen molar-refractivity contribution in [2.24, 2.45) is 5.41 Å². The molecule has 2 N–H and O–H groups in total. The van der Waals surface area contributed by atoms with E-state index in [1.54, 1.807) is 0 Å². The van der Waals surface area contributed by atoms with Crippen LogP contribution in [0.25, 0.3) is 0 Å². The Morgan fingerprint density at radius 3 is 2.67 bits per heavy atom. The van der Waals surface area contributed by atoms with Crippen molar-refractivity contribution in [2.75, 3.05) is 19.6 Å². The Bertz CT molecular complexity index is 120. The summed E-state index contributed by atoms with van der Waals surface area (Å²) in [5.74, 6) is 0. The normalized spacial score (nSPS) is 25.8. The van der Waals surface area contributed by atoms with Crippen molar-refractivity contribution in [1.29, 1.82) is 0 Å². The summed E-state index contributed by atoms with van der Waals surface area (Å²) in [6.07, 6.45) is 2.66. The van der Waals surface area contributed by atoms with E-state index in [1.165, 1.54) is 19.4 Å². The zero-order valence-electron chi connectivity index (χ0n) is 8.61. The first-order chi connectivity index (χ1) is 5.58. The van der Waals surface area contributed by atoms with Gasteiger partial charge in [0.05, 0.1) is 0 Å². The van der Waals surface area contributed by atoms with E-state index in [0.717, 1.165) is 13.1 Å². The maximum atomic E-state index is 3.60. The van der Waals surface area contributed by atoms with E-state index in [4.69, 9.17) is 0 Å². The van der Waals surface area contributed by atoms with Crippen LogP contribution in [0.2, 0.25) is 0 Å². The van der Waals surface area contributed by atoms with Crippen LogP contribution in [0.4, 0.5) is 0 Å². The lowest BCUT2D eigenvalue weighted by Crippen LogP contribution is -2.45. The zero-order valence-corrected chi connectivity index (χ0v) is 8.61. The molecule has 1 fully saturated rings. The summed E-state index contributed by atoms with van der Waals surface area (Å²) >= 11 is 0. The molecule has 0 saturated carbocycles. The molecule has 0 aromatic rings. The summed E-state index contributed by atoms with van der Waals surface area (Å²) in [5.41, 5.74) is 0.414. The third-order valence-electron chi connectivity index (χ3n) is 2.22. The van der Waals surface area contributed by atoms with Gasteiger partial charge in [0.2, 0.25) is 0 Å². The Hall–Kier alpha value is -0.0800. The van der Waals surface area contributed by atoms with Crippen molar-refractivity contribution >= 4 is 0 Å². The van der Waals surface area contributed by atoms with Gasteiger partial charge in [-0.05, 0) is 24.8 Å². The maximum absolute atomic E-state index is 3.60. The van der Waals surface area contributed by atoms with Gasteiger partial charge < -0.3 is 10.6 Å². The van der Waals surface area contributed by atoms with Crippen LogP contribution in [-0.4, -0.2) is 25.7 Å². The van der Waals surface area contributed by atoms with Crippen molar-refractivity contribution in [3.63, 3.8) is 0 Å². The number of rotatable bonds is 2. The Morgan fingerprint density at radius 1 is 1.42 bits per heavy atom. The average Bonchev–Trinajstić information content (AvgIpc) is 2.02. The van der Waals surface area contributed by atoms with E-state index in [9.17, 15) is 0 Å². The molecule has 1 saturated heterocycles. The Kier molecular flexibility index (Phi) is 3.53. The van der Waals surface area contributed by atoms with Crippen molar-refractivity contribution in [2.45, 2.75) is 39.7 Å². The fourth-order valence-electron chi connectivity index (χ4n) is 1.48. The molecule has 0 radical (unpaired) electrons. The average molecular weight is 170 g/mol. The lowest BCUT2D eigenvalue weighted by molar-refractivity contribution is 0.316. The van der Waals surface area contributed by atoms with Crippen molar-refractivity contribution in [3.8, 4) is 0 Å². The summed E-state index contributed by atoms with van der Waals surface area (Å²) < 4.78 is 0. The van der Waals surface area contributed by atoms with Crippen molar-refractivity contribution in [3.05, 3.63) is 0 Å². The summed E-state index contributed by atoms with van der Waals surface area (Å²) in [7, 11) is 0. The summed E-state index contributed by atoms with van der Waals surface area (Å²) in [5, 5.41) is 7.01. The van der Waals surface area contributed by atoms with Crippen LogP contribution in [0.5, 0.6) is 0 Å². The second kappa shape index (κ2) is 4.24. The second-order valence-corrected chi connectivity index (χ2v) is 4.98. The largest absolute Gasteiger partial charge is 0.315 e. The SMILES string of the molecule is CC(C)(C)CN[C@@H]1CCCNC1. The summed E-state index contributed by atoms with van der Waals surface area (Å²) in [4.78, 5) is 0.